The van der Waals surface area contributed by atoms with E-state index in [9.17, 15) is 19.2 Å². The van der Waals surface area contributed by atoms with Crippen molar-refractivity contribution in [2.45, 2.75) is 0 Å². The number of benzene rings is 3. The summed E-state index contributed by atoms with van der Waals surface area (Å²) in [5.41, 5.74) is -0.0514. The van der Waals surface area contributed by atoms with Crippen LogP contribution in [0.5, 0.6) is 0 Å². The third-order valence-electron chi connectivity index (χ3n) is 5.47. The van der Waals surface area contributed by atoms with Crippen molar-refractivity contribution < 1.29 is 33.1 Å². The van der Waals surface area contributed by atoms with Gasteiger partial charge in [0.25, 0.3) is 0 Å². The first-order valence-corrected chi connectivity index (χ1v) is 9.35. The fourth-order valence-electron chi connectivity index (χ4n) is 4.16. The molecule has 0 aliphatic heterocycles. The SMILES string of the molecule is COC(=O)c1c2c(c(C(=O)OC)c3c1oc1ccccc13)C(=O)c1ccccc1C2=O. The average Bonchev–Trinajstić information content (AvgIpc) is 3.19. The van der Waals surface area contributed by atoms with Crippen molar-refractivity contribution >= 4 is 45.4 Å². The van der Waals surface area contributed by atoms with Crippen LogP contribution in [-0.2, 0) is 9.47 Å². The number of hydrogen-bond donors (Lipinski definition) is 0. The van der Waals surface area contributed by atoms with Crippen molar-refractivity contribution in [3.63, 3.8) is 0 Å². The highest BCUT2D eigenvalue weighted by atomic mass is 16.5. The summed E-state index contributed by atoms with van der Waals surface area (Å²) < 4.78 is 15.8. The lowest BCUT2D eigenvalue weighted by Gasteiger charge is -2.22. The maximum atomic E-state index is 13.5. The van der Waals surface area contributed by atoms with E-state index in [1.165, 1.54) is 26.4 Å². The molecule has 0 unspecified atom stereocenters. The number of rotatable bonds is 2. The maximum Gasteiger partial charge on any atom is 0.342 e. The molecule has 31 heavy (non-hydrogen) atoms. The monoisotopic (exact) mass is 414 g/mol. The van der Waals surface area contributed by atoms with Gasteiger partial charge in [-0.3, -0.25) is 9.59 Å². The fraction of sp³-hybridized carbons (Fsp3) is 0.0833. The number of ketones is 2. The Kier molecular flexibility index (Phi) is 4.01. The minimum absolute atomic E-state index is 0.00673. The van der Waals surface area contributed by atoms with Crippen LogP contribution < -0.4 is 0 Å². The maximum absolute atomic E-state index is 13.5. The van der Waals surface area contributed by atoms with Gasteiger partial charge in [-0.15, -0.1) is 0 Å². The molecule has 0 N–H and O–H groups in total. The third kappa shape index (κ3) is 2.40. The van der Waals surface area contributed by atoms with Gasteiger partial charge in [0.15, 0.2) is 17.1 Å². The first-order valence-electron chi connectivity index (χ1n) is 9.35. The molecule has 3 aromatic carbocycles. The quantitative estimate of drug-likeness (QED) is 0.404. The summed E-state index contributed by atoms with van der Waals surface area (Å²) in [6.07, 6.45) is 0. The Bertz CT molecular complexity index is 1470. The zero-order valence-corrected chi connectivity index (χ0v) is 16.5. The van der Waals surface area contributed by atoms with Gasteiger partial charge in [0, 0.05) is 21.9 Å². The number of hydrogen-bond acceptors (Lipinski definition) is 7. The van der Waals surface area contributed by atoms with Crippen LogP contribution in [0.2, 0.25) is 0 Å². The molecule has 0 fully saturated rings. The number of carbonyl (C=O) groups is 4. The van der Waals surface area contributed by atoms with Crippen LogP contribution >= 0.6 is 0 Å². The molecule has 1 aliphatic rings. The standard InChI is InChI=1S/C24H14O7/c1-29-23(27)18-15-13-9-5-6-10-14(13)31-22(15)19(24(28)30-2)17-16(18)20(25)11-7-3-4-8-12(11)21(17)26/h3-10H,1-2H3. The second-order valence-electron chi connectivity index (χ2n) is 6.99. The zero-order chi connectivity index (χ0) is 21.9. The van der Waals surface area contributed by atoms with Gasteiger partial charge in [-0.1, -0.05) is 42.5 Å². The van der Waals surface area contributed by atoms with E-state index in [0.29, 0.717) is 11.0 Å². The molecule has 0 atom stereocenters. The van der Waals surface area contributed by atoms with E-state index < -0.39 is 23.5 Å². The number of ether oxygens (including phenoxy) is 2. The van der Waals surface area contributed by atoms with Gasteiger partial charge in [0.05, 0.1) is 30.9 Å². The Morgan fingerprint density at radius 1 is 0.742 bits per heavy atom. The summed E-state index contributed by atoms with van der Waals surface area (Å²) in [6, 6.07) is 13.1. The molecule has 0 saturated carbocycles. The van der Waals surface area contributed by atoms with Crippen LogP contribution in [0.1, 0.15) is 52.6 Å². The first-order chi connectivity index (χ1) is 15.0. The van der Waals surface area contributed by atoms with Gasteiger partial charge in [-0.25, -0.2) is 9.59 Å². The van der Waals surface area contributed by atoms with Gasteiger partial charge in [0.1, 0.15) is 11.1 Å². The second-order valence-corrected chi connectivity index (χ2v) is 6.99. The summed E-state index contributed by atoms with van der Waals surface area (Å²) in [5, 5.41) is 0.729. The van der Waals surface area contributed by atoms with Gasteiger partial charge in [0.2, 0.25) is 0 Å². The fourth-order valence-corrected chi connectivity index (χ4v) is 4.16. The van der Waals surface area contributed by atoms with E-state index in [2.05, 4.69) is 0 Å². The number of esters is 2. The number of para-hydroxylation sites is 1. The average molecular weight is 414 g/mol. The summed E-state index contributed by atoms with van der Waals surface area (Å²) in [6.45, 7) is 0. The molecule has 152 valence electrons. The number of carbonyl (C=O) groups excluding carboxylic acids is 4. The molecule has 1 heterocycles. The molecule has 1 aromatic heterocycles. The molecule has 0 amide bonds. The Balaban J connectivity index is 2.08. The van der Waals surface area contributed by atoms with Gasteiger partial charge < -0.3 is 13.9 Å². The summed E-state index contributed by atoms with van der Waals surface area (Å²) in [5.74, 6) is -2.79. The summed E-state index contributed by atoms with van der Waals surface area (Å²) in [4.78, 5) is 52.7. The number of fused-ring (bicyclic) bond motifs is 5. The van der Waals surface area contributed by atoms with E-state index in [0.717, 1.165) is 0 Å². The highest BCUT2D eigenvalue weighted by molar-refractivity contribution is 6.37. The number of methoxy groups -OCH3 is 2. The largest absolute Gasteiger partial charge is 0.465 e. The van der Waals surface area contributed by atoms with Crippen molar-refractivity contribution in [3.05, 3.63) is 81.9 Å². The molecule has 7 heteroatoms. The van der Waals surface area contributed by atoms with Crippen LogP contribution in [0.4, 0.5) is 0 Å². The molecule has 4 aromatic rings. The van der Waals surface area contributed by atoms with Crippen LogP contribution in [-0.4, -0.2) is 37.7 Å². The summed E-state index contributed by atoms with van der Waals surface area (Å²) >= 11 is 0. The lowest BCUT2D eigenvalue weighted by atomic mass is 9.78. The summed E-state index contributed by atoms with van der Waals surface area (Å²) in [7, 11) is 2.35. The van der Waals surface area contributed by atoms with E-state index >= 15 is 0 Å². The predicted octanol–water partition coefficient (Wildman–Crippen LogP) is 3.93. The van der Waals surface area contributed by atoms with E-state index in [-0.39, 0.29) is 44.3 Å². The minimum atomic E-state index is -0.850. The Morgan fingerprint density at radius 2 is 1.26 bits per heavy atom. The topological polar surface area (TPSA) is 99.9 Å². The van der Waals surface area contributed by atoms with Crippen molar-refractivity contribution in [1.82, 2.24) is 0 Å². The van der Waals surface area contributed by atoms with Crippen LogP contribution in [0.15, 0.2) is 52.9 Å². The Morgan fingerprint density at radius 3 is 1.87 bits per heavy atom. The van der Waals surface area contributed by atoms with Gasteiger partial charge in [-0.05, 0) is 6.07 Å². The van der Waals surface area contributed by atoms with Crippen LogP contribution in [0, 0.1) is 0 Å². The Labute approximate surface area is 175 Å². The molecule has 1 aliphatic carbocycles. The smallest absolute Gasteiger partial charge is 0.342 e. The van der Waals surface area contributed by atoms with Crippen molar-refractivity contribution in [1.29, 1.82) is 0 Å². The normalized spacial score (nSPS) is 12.6. The highest BCUT2D eigenvalue weighted by Gasteiger charge is 2.41. The van der Waals surface area contributed by atoms with E-state index in [1.54, 1.807) is 36.4 Å². The lowest BCUT2D eigenvalue weighted by molar-refractivity contribution is 0.0585. The van der Waals surface area contributed by atoms with Crippen molar-refractivity contribution in [2.24, 2.45) is 0 Å². The van der Waals surface area contributed by atoms with Gasteiger partial charge in [-0.2, -0.15) is 0 Å². The molecule has 7 nitrogen and oxygen atoms in total. The molecular weight excluding hydrogens is 400 g/mol. The second kappa shape index (κ2) is 6.63. The van der Waals surface area contributed by atoms with Gasteiger partial charge >= 0.3 is 11.9 Å². The molecular formula is C24H14O7. The third-order valence-corrected chi connectivity index (χ3v) is 5.47. The predicted molar refractivity (Wildman–Crippen MR) is 110 cm³/mol. The van der Waals surface area contributed by atoms with Crippen molar-refractivity contribution in [3.8, 4) is 0 Å². The first kappa shape index (κ1) is 18.7. The zero-order valence-electron chi connectivity index (χ0n) is 16.5. The lowest BCUT2D eigenvalue weighted by Crippen LogP contribution is -2.27. The van der Waals surface area contributed by atoms with Crippen LogP contribution in [0.3, 0.4) is 0 Å². The van der Waals surface area contributed by atoms with E-state index in [1.807, 2.05) is 0 Å². The molecule has 0 bridgehead atoms. The van der Waals surface area contributed by atoms with E-state index in [4.69, 9.17) is 13.9 Å². The molecule has 0 spiro atoms. The molecule has 0 saturated heterocycles. The number of furan rings is 1. The molecule has 0 radical (unpaired) electrons. The Hall–Kier alpha value is -4.26. The van der Waals surface area contributed by atoms with Crippen LogP contribution in [0.25, 0.3) is 21.9 Å². The highest BCUT2D eigenvalue weighted by Crippen LogP contribution is 2.42. The van der Waals surface area contributed by atoms with Crippen molar-refractivity contribution in [2.75, 3.05) is 14.2 Å². The minimum Gasteiger partial charge on any atom is -0.465 e. The molecule has 5 rings (SSSR count).